The lowest BCUT2D eigenvalue weighted by atomic mass is 9.96. The SMILES string of the molecule is CC(C)c1noc(CNC(=O)C2CCC(=O)N(Cc3ccc(Cl)cc3)C2)n1. The molecule has 27 heavy (non-hydrogen) atoms. The third-order valence-corrected chi connectivity index (χ3v) is 4.82. The Balaban J connectivity index is 1.55. The van der Waals surface area contributed by atoms with E-state index in [1.54, 1.807) is 17.0 Å². The minimum Gasteiger partial charge on any atom is -0.347 e. The van der Waals surface area contributed by atoms with E-state index >= 15 is 0 Å². The zero-order valence-electron chi connectivity index (χ0n) is 15.4. The predicted molar refractivity (Wildman–Crippen MR) is 99.8 cm³/mol. The molecule has 1 aromatic carbocycles. The highest BCUT2D eigenvalue weighted by molar-refractivity contribution is 6.30. The molecule has 1 fully saturated rings. The second kappa shape index (κ2) is 8.52. The highest BCUT2D eigenvalue weighted by Gasteiger charge is 2.30. The first kappa shape index (κ1) is 19.4. The molecule has 0 aliphatic carbocycles. The number of aromatic nitrogens is 2. The molecule has 0 spiro atoms. The van der Waals surface area contributed by atoms with Gasteiger partial charge in [-0.2, -0.15) is 4.98 Å². The summed E-state index contributed by atoms with van der Waals surface area (Å²) in [6, 6.07) is 7.37. The number of benzene rings is 1. The Bertz CT molecular complexity index is 804. The smallest absolute Gasteiger partial charge is 0.246 e. The normalized spacial score (nSPS) is 17.4. The van der Waals surface area contributed by atoms with Crippen molar-refractivity contribution >= 4 is 23.4 Å². The molecule has 3 rings (SSSR count). The lowest BCUT2D eigenvalue weighted by molar-refractivity contribution is -0.139. The summed E-state index contributed by atoms with van der Waals surface area (Å²) in [4.78, 5) is 30.7. The van der Waals surface area contributed by atoms with E-state index in [1.807, 2.05) is 26.0 Å². The van der Waals surface area contributed by atoms with Gasteiger partial charge in [0.15, 0.2) is 5.82 Å². The van der Waals surface area contributed by atoms with Gasteiger partial charge in [0, 0.05) is 30.5 Å². The molecule has 1 aliphatic heterocycles. The van der Waals surface area contributed by atoms with Gasteiger partial charge in [0.25, 0.3) is 0 Å². The van der Waals surface area contributed by atoms with E-state index in [-0.39, 0.29) is 30.2 Å². The Hall–Kier alpha value is -2.41. The Morgan fingerprint density at radius 1 is 1.37 bits per heavy atom. The molecule has 0 bridgehead atoms. The van der Waals surface area contributed by atoms with Gasteiger partial charge in [-0.15, -0.1) is 0 Å². The molecule has 0 saturated carbocycles. The van der Waals surface area contributed by atoms with Gasteiger partial charge in [0.1, 0.15) is 0 Å². The molecule has 8 heteroatoms. The summed E-state index contributed by atoms with van der Waals surface area (Å²) >= 11 is 5.90. The Labute approximate surface area is 163 Å². The van der Waals surface area contributed by atoms with Crippen LogP contribution in [0.1, 0.15) is 49.9 Å². The van der Waals surface area contributed by atoms with Crippen molar-refractivity contribution < 1.29 is 14.1 Å². The summed E-state index contributed by atoms with van der Waals surface area (Å²) in [5, 5.41) is 7.37. The van der Waals surface area contributed by atoms with Crippen LogP contribution in [0.5, 0.6) is 0 Å². The van der Waals surface area contributed by atoms with E-state index < -0.39 is 0 Å². The number of likely N-dealkylation sites (tertiary alicyclic amines) is 1. The summed E-state index contributed by atoms with van der Waals surface area (Å²) in [7, 11) is 0. The van der Waals surface area contributed by atoms with Crippen LogP contribution in [0.15, 0.2) is 28.8 Å². The van der Waals surface area contributed by atoms with Crippen LogP contribution >= 0.6 is 11.6 Å². The number of piperidine rings is 1. The second-order valence-corrected chi connectivity index (χ2v) is 7.49. The number of rotatable bonds is 6. The standard InChI is InChI=1S/C19H23ClN4O3/c1-12(2)18-22-16(27-23-18)9-21-19(26)14-5-8-17(25)24(11-14)10-13-3-6-15(20)7-4-13/h3-4,6-7,12,14H,5,8-11H2,1-2H3,(H,21,26). The summed E-state index contributed by atoms with van der Waals surface area (Å²) in [6.45, 7) is 5.01. The van der Waals surface area contributed by atoms with Crippen molar-refractivity contribution in [3.8, 4) is 0 Å². The number of carbonyl (C=O) groups is 2. The van der Waals surface area contributed by atoms with Gasteiger partial charge < -0.3 is 14.7 Å². The van der Waals surface area contributed by atoms with Gasteiger partial charge in [0.2, 0.25) is 17.7 Å². The largest absolute Gasteiger partial charge is 0.347 e. The van der Waals surface area contributed by atoms with Crippen LogP contribution in [0.25, 0.3) is 0 Å². The molecule has 1 atom stereocenters. The van der Waals surface area contributed by atoms with Crippen molar-refractivity contribution in [2.75, 3.05) is 6.54 Å². The van der Waals surface area contributed by atoms with Crippen molar-refractivity contribution in [3.63, 3.8) is 0 Å². The summed E-state index contributed by atoms with van der Waals surface area (Å²) in [5.41, 5.74) is 0.987. The van der Waals surface area contributed by atoms with E-state index in [0.29, 0.717) is 42.7 Å². The molecule has 2 amide bonds. The fraction of sp³-hybridized carbons (Fsp3) is 0.474. The van der Waals surface area contributed by atoms with E-state index in [0.717, 1.165) is 5.56 Å². The summed E-state index contributed by atoms with van der Waals surface area (Å²) < 4.78 is 5.14. The fourth-order valence-corrected chi connectivity index (χ4v) is 3.10. The van der Waals surface area contributed by atoms with E-state index in [9.17, 15) is 9.59 Å². The number of nitrogens with one attached hydrogen (secondary N) is 1. The molecule has 2 aromatic rings. The molecule has 1 saturated heterocycles. The van der Waals surface area contributed by atoms with Crippen LogP contribution < -0.4 is 5.32 Å². The number of nitrogens with zero attached hydrogens (tertiary/aromatic N) is 3. The number of carbonyl (C=O) groups excluding carboxylic acids is 2. The van der Waals surface area contributed by atoms with Crippen LogP contribution in [0.2, 0.25) is 5.02 Å². The van der Waals surface area contributed by atoms with Gasteiger partial charge in [0.05, 0.1) is 12.5 Å². The molecule has 1 N–H and O–H groups in total. The lowest BCUT2D eigenvalue weighted by Crippen LogP contribution is -2.45. The predicted octanol–water partition coefficient (Wildman–Crippen LogP) is 2.90. The van der Waals surface area contributed by atoms with Crippen molar-refractivity contribution in [2.24, 2.45) is 5.92 Å². The van der Waals surface area contributed by atoms with Crippen LogP contribution in [0.3, 0.4) is 0 Å². The Morgan fingerprint density at radius 2 is 2.11 bits per heavy atom. The van der Waals surface area contributed by atoms with E-state index in [4.69, 9.17) is 16.1 Å². The van der Waals surface area contributed by atoms with Gasteiger partial charge >= 0.3 is 0 Å². The van der Waals surface area contributed by atoms with Crippen LogP contribution in [0, 0.1) is 5.92 Å². The molecule has 1 aliphatic rings. The minimum atomic E-state index is -0.248. The van der Waals surface area contributed by atoms with Crippen LogP contribution in [0.4, 0.5) is 0 Å². The average molecular weight is 391 g/mol. The first-order chi connectivity index (χ1) is 12.9. The second-order valence-electron chi connectivity index (χ2n) is 7.06. The summed E-state index contributed by atoms with van der Waals surface area (Å²) in [6.07, 6.45) is 0.909. The molecule has 1 unspecified atom stereocenters. The minimum absolute atomic E-state index is 0.0625. The maximum absolute atomic E-state index is 12.5. The topological polar surface area (TPSA) is 88.3 Å². The zero-order chi connectivity index (χ0) is 19.4. The first-order valence-corrected chi connectivity index (χ1v) is 9.42. The lowest BCUT2D eigenvalue weighted by Gasteiger charge is -2.32. The highest BCUT2D eigenvalue weighted by atomic mass is 35.5. The first-order valence-electron chi connectivity index (χ1n) is 9.04. The highest BCUT2D eigenvalue weighted by Crippen LogP contribution is 2.21. The van der Waals surface area contributed by atoms with Crippen molar-refractivity contribution in [1.82, 2.24) is 20.4 Å². The van der Waals surface area contributed by atoms with Gasteiger partial charge in [-0.1, -0.05) is 42.7 Å². The third kappa shape index (κ3) is 5.07. The van der Waals surface area contributed by atoms with Crippen molar-refractivity contribution in [2.45, 2.75) is 45.7 Å². The molecule has 0 radical (unpaired) electrons. The third-order valence-electron chi connectivity index (χ3n) is 4.57. The van der Waals surface area contributed by atoms with E-state index in [2.05, 4.69) is 15.5 Å². The maximum atomic E-state index is 12.5. The number of amides is 2. The molecule has 144 valence electrons. The zero-order valence-corrected chi connectivity index (χ0v) is 16.2. The maximum Gasteiger partial charge on any atom is 0.246 e. The average Bonchev–Trinajstić information content (AvgIpc) is 3.13. The van der Waals surface area contributed by atoms with Gasteiger partial charge in [-0.05, 0) is 24.1 Å². The molecule has 2 heterocycles. The number of hydrogen-bond acceptors (Lipinski definition) is 5. The number of hydrogen-bond donors (Lipinski definition) is 1. The van der Waals surface area contributed by atoms with Crippen LogP contribution in [-0.2, 0) is 22.7 Å². The Kier molecular flexibility index (Phi) is 6.11. The molecular formula is C19H23ClN4O3. The van der Waals surface area contributed by atoms with Crippen molar-refractivity contribution in [1.29, 1.82) is 0 Å². The Morgan fingerprint density at radius 3 is 2.78 bits per heavy atom. The van der Waals surface area contributed by atoms with E-state index in [1.165, 1.54) is 0 Å². The molecule has 7 nitrogen and oxygen atoms in total. The fourth-order valence-electron chi connectivity index (χ4n) is 2.97. The van der Waals surface area contributed by atoms with Crippen LogP contribution in [-0.4, -0.2) is 33.4 Å². The molecule has 1 aromatic heterocycles. The monoisotopic (exact) mass is 390 g/mol. The quantitative estimate of drug-likeness (QED) is 0.819. The van der Waals surface area contributed by atoms with Gasteiger partial charge in [-0.3, -0.25) is 9.59 Å². The molecular weight excluding hydrogens is 368 g/mol. The van der Waals surface area contributed by atoms with Crippen molar-refractivity contribution in [3.05, 3.63) is 46.6 Å². The van der Waals surface area contributed by atoms with Gasteiger partial charge in [-0.25, -0.2) is 0 Å². The number of halogens is 1. The summed E-state index contributed by atoms with van der Waals surface area (Å²) in [5.74, 6) is 0.889.